The number of hydrogen-bond acceptors (Lipinski definition) is 2. The van der Waals surface area contributed by atoms with E-state index in [1.165, 1.54) is 6.42 Å². The first kappa shape index (κ1) is 10.8. The van der Waals surface area contributed by atoms with E-state index < -0.39 is 0 Å². The molecule has 1 aromatic carbocycles. The van der Waals surface area contributed by atoms with Crippen LogP contribution in [-0.2, 0) is 0 Å². The Labute approximate surface area is 95.0 Å². The SMILES string of the molecule is COc1cccc(NC(=O)NC2CCC2)c1. The van der Waals surface area contributed by atoms with Crippen molar-refractivity contribution in [2.45, 2.75) is 25.3 Å². The standard InChI is InChI=1S/C12H16N2O2/c1-16-11-7-3-6-10(8-11)14-12(15)13-9-4-2-5-9/h3,6-9H,2,4-5H2,1H3,(H2,13,14,15). The lowest BCUT2D eigenvalue weighted by Crippen LogP contribution is -2.41. The predicted molar refractivity (Wildman–Crippen MR) is 62.8 cm³/mol. The minimum Gasteiger partial charge on any atom is -0.497 e. The fourth-order valence-corrected chi connectivity index (χ4v) is 1.61. The Morgan fingerprint density at radius 1 is 1.44 bits per heavy atom. The summed E-state index contributed by atoms with van der Waals surface area (Å²) in [5.41, 5.74) is 0.746. The summed E-state index contributed by atoms with van der Waals surface area (Å²) in [5.74, 6) is 0.737. The number of carbonyl (C=O) groups is 1. The molecular formula is C12H16N2O2. The van der Waals surface area contributed by atoms with Gasteiger partial charge < -0.3 is 15.4 Å². The van der Waals surface area contributed by atoms with E-state index in [1.807, 2.05) is 18.2 Å². The van der Waals surface area contributed by atoms with Crippen LogP contribution in [0.3, 0.4) is 0 Å². The van der Waals surface area contributed by atoms with Gasteiger partial charge in [0.15, 0.2) is 0 Å². The molecule has 0 bridgehead atoms. The van der Waals surface area contributed by atoms with E-state index in [2.05, 4.69) is 10.6 Å². The minimum atomic E-state index is -0.141. The Bertz CT molecular complexity index is 375. The van der Waals surface area contributed by atoms with Gasteiger partial charge in [-0.1, -0.05) is 6.07 Å². The maximum Gasteiger partial charge on any atom is 0.319 e. The van der Waals surface area contributed by atoms with E-state index >= 15 is 0 Å². The Morgan fingerprint density at radius 2 is 2.25 bits per heavy atom. The maximum atomic E-state index is 11.6. The number of carbonyl (C=O) groups excluding carboxylic acids is 1. The molecule has 86 valence electrons. The smallest absolute Gasteiger partial charge is 0.319 e. The molecule has 1 aliphatic carbocycles. The van der Waals surface area contributed by atoms with Crippen molar-refractivity contribution in [3.05, 3.63) is 24.3 Å². The van der Waals surface area contributed by atoms with E-state index in [0.29, 0.717) is 6.04 Å². The van der Waals surface area contributed by atoms with Crippen LogP contribution in [0.1, 0.15) is 19.3 Å². The largest absolute Gasteiger partial charge is 0.497 e. The number of urea groups is 1. The average Bonchev–Trinajstić information content (AvgIpc) is 2.24. The summed E-state index contributed by atoms with van der Waals surface area (Å²) in [4.78, 5) is 11.6. The molecule has 4 nitrogen and oxygen atoms in total. The number of hydrogen-bond donors (Lipinski definition) is 2. The summed E-state index contributed by atoms with van der Waals surface area (Å²) >= 11 is 0. The highest BCUT2D eigenvalue weighted by Gasteiger charge is 2.19. The quantitative estimate of drug-likeness (QED) is 0.821. The van der Waals surface area contributed by atoms with E-state index in [9.17, 15) is 4.79 Å². The summed E-state index contributed by atoms with van der Waals surface area (Å²) in [6.45, 7) is 0. The second kappa shape index (κ2) is 4.88. The molecule has 0 aliphatic heterocycles. The third kappa shape index (κ3) is 2.66. The van der Waals surface area contributed by atoms with Crippen molar-refractivity contribution in [3.63, 3.8) is 0 Å². The van der Waals surface area contributed by atoms with Gasteiger partial charge in [-0.05, 0) is 31.4 Å². The number of ether oxygens (including phenoxy) is 1. The fourth-order valence-electron chi connectivity index (χ4n) is 1.61. The molecule has 0 aromatic heterocycles. The molecule has 1 aliphatic rings. The van der Waals surface area contributed by atoms with E-state index in [-0.39, 0.29) is 6.03 Å². The second-order valence-corrected chi connectivity index (χ2v) is 3.96. The van der Waals surface area contributed by atoms with Crippen molar-refractivity contribution >= 4 is 11.7 Å². The Hall–Kier alpha value is -1.71. The van der Waals surface area contributed by atoms with Crippen LogP contribution in [0, 0.1) is 0 Å². The van der Waals surface area contributed by atoms with Gasteiger partial charge in [-0.25, -0.2) is 4.79 Å². The highest BCUT2D eigenvalue weighted by molar-refractivity contribution is 5.89. The van der Waals surface area contributed by atoms with E-state index in [4.69, 9.17) is 4.74 Å². The Balaban J connectivity index is 1.89. The van der Waals surface area contributed by atoms with Crippen molar-refractivity contribution < 1.29 is 9.53 Å². The van der Waals surface area contributed by atoms with Gasteiger partial charge in [-0.2, -0.15) is 0 Å². The van der Waals surface area contributed by atoms with Crippen LogP contribution in [-0.4, -0.2) is 19.2 Å². The van der Waals surface area contributed by atoms with Gasteiger partial charge in [0.25, 0.3) is 0 Å². The normalized spacial score (nSPS) is 15.1. The Morgan fingerprint density at radius 3 is 2.88 bits per heavy atom. The molecule has 1 saturated carbocycles. The molecule has 0 heterocycles. The first-order valence-corrected chi connectivity index (χ1v) is 5.49. The number of rotatable bonds is 3. The molecule has 2 N–H and O–H groups in total. The lowest BCUT2D eigenvalue weighted by atomic mass is 9.93. The average molecular weight is 220 g/mol. The first-order chi connectivity index (χ1) is 7.78. The minimum absolute atomic E-state index is 0.141. The number of anilines is 1. The third-order valence-electron chi connectivity index (χ3n) is 2.77. The number of methoxy groups -OCH3 is 1. The monoisotopic (exact) mass is 220 g/mol. The molecule has 1 aromatic rings. The van der Waals surface area contributed by atoms with Crippen LogP contribution in [0.4, 0.5) is 10.5 Å². The van der Waals surface area contributed by atoms with Crippen molar-refractivity contribution in [2.24, 2.45) is 0 Å². The highest BCUT2D eigenvalue weighted by atomic mass is 16.5. The molecule has 1 fully saturated rings. The highest BCUT2D eigenvalue weighted by Crippen LogP contribution is 2.19. The van der Waals surface area contributed by atoms with Gasteiger partial charge in [-0.3, -0.25) is 0 Å². The van der Waals surface area contributed by atoms with Gasteiger partial charge in [0.05, 0.1) is 7.11 Å². The second-order valence-electron chi connectivity index (χ2n) is 3.96. The predicted octanol–water partition coefficient (Wildman–Crippen LogP) is 2.37. The number of amides is 2. The first-order valence-electron chi connectivity index (χ1n) is 5.49. The summed E-state index contributed by atoms with van der Waals surface area (Å²) in [6, 6.07) is 7.53. The van der Waals surface area contributed by atoms with Crippen LogP contribution in [0.5, 0.6) is 5.75 Å². The molecule has 0 unspecified atom stereocenters. The number of benzene rings is 1. The lowest BCUT2D eigenvalue weighted by molar-refractivity contribution is 0.240. The zero-order valence-electron chi connectivity index (χ0n) is 9.32. The zero-order valence-corrected chi connectivity index (χ0v) is 9.32. The Kier molecular flexibility index (Phi) is 3.29. The summed E-state index contributed by atoms with van der Waals surface area (Å²) in [6.07, 6.45) is 3.39. The maximum absolute atomic E-state index is 11.6. The van der Waals surface area contributed by atoms with Gasteiger partial charge in [0.1, 0.15) is 5.75 Å². The van der Waals surface area contributed by atoms with Gasteiger partial charge in [-0.15, -0.1) is 0 Å². The number of nitrogens with one attached hydrogen (secondary N) is 2. The molecule has 0 atom stereocenters. The molecule has 4 heteroatoms. The van der Waals surface area contributed by atoms with Crippen LogP contribution < -0.4 is 15.4 Å². The van der Waals surface area contributed by atoms with Crippen LogP contribution in [0.25, 0.3) is 0 Å². The summed E-state index contributed by atoms with van der Waals surface area (Å²) < 4.78 is 5.08. The van der Waals surface area contributed by atoms with Gasteiger partial charge >= 0.3 is 6.03 Å². The topological polar surface area (TPSA) is 50.4 Å². The fraction of sp³-hybridized carbons (Fsp3) is 0.417. The van der Waals surface area contributed by atoms with Crippen molar-refractivity contribution in [2.75, 3.05) is 12.4 Å². The summed E-state index contributed by atoms with van der Waals surface area (Å²) in [7, 11) is 1.60. The van der Waals surface area contributed by atoms with E-state index in [1.54, 1.807) is 13.2 Å². The molecular weight excluding hydrogens is 204 g/mol. The van der Waals surface area contributed by atoms with E-state index in [0.717, 1.165) is 24.3 Å². The van der Waals surface area contributed by atoms with Gasteiger partial charge in [0.2, 0.25) is 0 Å². The molecule has 0 spiro atoms. The molecule has 2 amide bonds. The lowest BCUT2D eigenvalue weighted by Gasteiger charge is -2.26. The van der Waals surface area contributed by atoms with Gasteiger partial charge in [0, 0.05) is 17.8 Å². The van der Waals surface area contributed by atoms with Crippen LogP contribution in [0.2, 0.25) is 0 Å². The third-order valence-corrected chi connectivity index (χ3v) is 2.77. The van der Waals surface area contributed by atoms with Crippen molar-refractivity contribution in [1.82, 2.24) is 5.32 Å². The molecule has 0 radical (unpaired) electrons. The summed E-state index contributed by atoms with van der Waals surface area (Å²) in [5, 5.41) is 5.70. The van der Waals surface area contributed by atoms with Crippen LogP contribution >= 0.6 is 0 Å². The molecule has 0 saturated heterocycles. The molecule has 16 heavy (non-hydrogen) atoms. The van der Waals surface area contributed by atoms with Crippen molar-refractivity contribution in [1.29, 1.82) is 0 Å². The zero-order chi connectivity index (χ0) is 11.4. The van der Waals surface area contributed by atoms with Crippen LogP contribution in [0.15, 0.2) is 24.3 Å². The van der Waals surface area contributed by atoms with Crippen molar-refractivity contribution in [3.8, 4) is 5.75 Å². The molecule has 2 rings (SSSR count).